The summed E-state index contributed by atoms with van der Waals surface area (Å²) in [6.07, 6.45) is 3.97. The van der Waals surface area contributed by atoms with Gasteiger partial charge in [0.05, 0.1) is 19.4 Å². The molecule has 0 aromatic heterocycles. The number of amides is 3. The SMILES string of the molecule is COc1cccc(CC(=O)N2CCNC(=O)[C@H]3CCCC[C@H]3N(C(C)=O)CC2)c1. The Balaban J connectivity index is 1.73. The van der Waals surface area contributed by atoms with Crippen molar-refractivity contribution < 1.29 is 19.1 Å². The quantitative estimate of drug-likeness (QED) is 0.835. The molecule has 1 aromatic carbocycles. The lowest BCUT2D eigenvalue weighted by atomic mass is 9.82. The zero-order valence-corrected chi connectivity index (χ0v) is 17.4. The predicted molar refractivity (Wildman–Crippen MR) is 109 cm³/mol. The Bertz CT molecular complexity index is 751. The van der Waals surface area contributed by atoms with Crippen LogP contribution >= 0.6 is 0 Å². The van der Waals surface area contributed by atoms with Gasteiger partial charge < -0.3 is 19.9 Å². The van der Waals surface area contributed by atoms with Gasteiger partial charge in [-0.15, -0.1) is 0 Å². The van der Waals surface area contributed by atoms with Gasteiger partial charge in [0, 0.05) is 39.1 Å². The summed E-state index contributed by atoms with van der Waals surface area (Å²) in [6.45, 7) is 3.37. The molecular weight excluding hydrogens is 370 g/mol. The van der Waals surface area contributed by atoms with Crippen LogP contribution in [-0.2, 0) is 20.8 Å². The van der Waals surface area contributed by atoms with Gasteiger partial charge in [-0.25, -0.2) is 0 Å². The van der Waals surface area contributed by atoms with E-state index in [-0.39, 0.29) is 36.1 Å². The van der Waals surface area contributed by atoms with Crippen molar-refractivity contribution in [2.45, 2.75) is 45.1 Å². The monoisotopic (exact) mass is 401 g/mol. The number of benzene rings is 1. The first-order valence-corrected chi connectivity index (χ1v) is 10.4. The Morgan fingerprint density at radius 1 is 1.17 bits per heavy atom. The maximum absolute atomic E-state index is 12.9. The number of nitrogens with zero attached hydrogens (tertiary/aromatic N) is 2. The van der Waals surface area contributed by atoms with Gasteiger partial charge in [-0.2, -0.15) is 0 Å². The molecule has 0 unspecified atom stereocenters. The molecule has 7 heteroatoms. The van der Waals surface area contributed by atoms with Crippen LogP contribution in [0.4, 0.5) is 0 Å². The molecule has 1 aromatic rings. The van der Waals surface area contributed by atoms with Crippen molar-refractivity contribution in [2.24, 2.45) is 5.92 Å². The van der Waals surface area contributed by atoms with Crippen molar-refractivity contribution in [3.8, 4) is 5.75 Å². The van der Waals surface area contributed by atoms with Crippen molar-refractivity contribution in [2.75, 3.05) is 33.3 Å². The van der Waals surface area contributed by atoms with E-state index in [1.807, 2.05) is 24.3 Å². The summed E-state index contributed by atoms with van der Waals surface area (Å²) in [4.78, 5) is 41.5. The van der Waals surface area contributed by atoms with Gasteiger partial charge in [-0.1, -0.05) is 25.0 Å². The number of nitrogens with one attached hydrogen (secondary N) is 1. The number of carbonyl (C=O) groups is 3. The van der Waals surface area contributed by atoms with Gasteiger partial charge in [0.1, 0.15) is 5.75 Å². The summed E-state index contributed by atoms with van der Waals surface area (Å²) in [6, 6.07) is 7.40. The van der Waals surface area contributed by atoms with Crippen LogP contribution < -0.4 is 10.1 Å². The average Bonchev–Trinajstić information content (AvgIpc) is 2.72. The van der Waals surface area contributed by atoms with Crippen molar-refractivity contribution >= 4 is 17.7 Å². The minimum absolute atomic E-state index is 0.00282. The molecule has 1 aliphatic carbocycles. The fraction of sp³-hybridized carbons (Fsp3) is 0.591. The second-order valence-electron chi connectivity index (χ2n) is 7.87. The van der Waals surface area contributed by atoms with Gasteiger partial charge in [0.15, 0.2) is 0 Å². The third-order valence-corrected chi connectivity index (χ3v) is 6.01. The number of hydrogen-bond acceptors (Lipinski definition) is 4. The summed E-state index contributed by atoms with van der Waals surface area (Å²) < 4.78 is 5.23. The molecule has 0 bridgehead atoms. The van der Waals surface area contributed by atoms with Gasteiger partial charge >= 0.3 is 0 Å². The van der Waals surface area contributed by atoms with Crippen LogP contribution in [0, 0.1) is 5.92 Å². The summed E-state index contributed by atoms with van der Waals surface area (Å²) in [7, 11) is 1.60. The van der Waals surface area contributed by atoms with E-state index in [0.29, 0.717) is 26.2 Å². The molecule has 3 amide bonds. The van der Waals surface area contributed by atoms with E-state index in [1.54, 1.807) is 23.8 Å². The highest BCUT2D eigenvalue weighted by molar-refractivity contribution is 5.82. The third kappa shape index (κ3) is 5.28. The normalized spacial score (nSPS) is 23.0. The van der Waals surface area contributed by atoms with Crippen LogP contribution in [0.3, 0.4) is 0 Å². The average molecular weight is 402 g/mol. The maximum atomic E-state index is 12.9. The highest BCUT2D eigenvalue weighted by atomic mass is 16.5. The summed E-state index contributed by atoms with van der Waals surface area (Å²) in [5.74, 6) is 0.525. The fourth-order valence-electron chi connectivity index (χ4n) is 4.45. The maximum Gasteiger partial charge on any atom is 0.227 e. The Morgan fingerprint density at radius 3 is 2.72 bits per heavy atom. The molecule has 1 heterocycles. The van der Waals surface area contributed by atoms with E-state index in [1.165, 1.54) is 0 Å². The Hall–Kier alpha value is -2.57. The molecule has 1 saturated heterocycles. The molecule has 0 radical (unpaired) electrons. The summed E-state index contributed by atoms with van der Waals surface area (Å²) in [5, 5.41) is 2.99. The van der Waals surface area contributed by atoms with E-state index in [2.05, 4.69) is 5.32 Å². The van der Waals surface area contributed by atoms with Gasteiger partial charge in [0.2, 0.25) is 17.7 Å². The minimum Gasteiger partial charge on any atom is -0.497 e. The predicted octanol–water partition coefficient (Wildman–Crippen LogP) is 1.60. The van der Waals surface area contributed by atoms with Crippen molar-refractivity contribution in [1.29, 1.82) is 0 Å². The third-order valence-electron chi connectivity index (χ3n) is 6.01. The zero-order chi connectivity index (χ0) is 20.8. The number of fused-ring (bicyclic) bond motifs is 1. The largest absolute Gasteiger partial charge is 0.497 e. The number of methoxy groups -OCH3 is 1. The molecule has 158 valence electrons. The van der Waals surface area contributed by atoms with E-state index in [4.69, 9.17) is 4.74 Å². The highest BCUT2D eigenvalue weighted by Crippen LogP contribution is 2.29. The molecule has 2 atom stereocenters. The van der Waals surface area contributed by atoms with Gasteiger partial charge in [-0.05, 0) is 30.5 Å². The smallest absolute Gasteiger partial charge is 0.227 e. The van der Waals surface area contributed by atoms with E-state index < -0.39 is 0 Å². The molecule has 2 aliphatic rings. The first kappa shape index (κ1) is 21.1. The lowest BCUT2D eigenvalue weighted by molar-refractivity contribution is -0.140. The lowest BCUT2D eigenvalue weighted by Gasteiger charge is -2.40. The molecule has 1 saturated carbocycles. The Labute approximate surface area is 172 Å². The molecule has 2 fully saturated rings. The molecule has 29 heavy (non-hydrogen) atoms. The molecule has 7 nitrogen and oxygen atoms in total. The van der Waals surface area contributed by atoms with E-state index in [0.717, 1.165) is 37.0 Å². The number of ether oxygens (including phenoxy) is 1. The Morgan fingerprint density at radius 2 is 1.97 bits per heavy atom. The molecule has 1 N–H and O–H groups in total. The second kappa shape index (κ2) is 9.76. The molecule has 1 aliphatic heterocycles. The first-order chi connectivity index (χ1) is 14.0. The van der Waals surface area contributed by atoms with Crippen molar-refractivity contribution in [3.05, 3.63) is 29.8 Å². The molecule has 3 rings (SSSR count). The molecule has 0 spiro atoms. The van der Waals surface area contributed by atoms with Crippen LogP contribution in [0.15, 0.2) is 24.3 Å². The number of rotatable bonds is 3. The van der Waals surface area contributed by atoms with Gasteiger partial charge in [-0.3, -0.25) is 14.4 Å². The van der Waals surface area contributed by atoms with Crippen LogP contribution in [0.1, 0.15) is 38.2 Å². The van der Waals surface area contributed by atoms with Crippen LogP contribution in [-0.4, -0.2) is 66.9 Å². The van der Waals surface area contributed by atoms with Crippen LogP contribution in [0.2, 0.25) is 0 Å². The second-order valence-corrected chi connectivity index (χ2v) is 7.87. The fourth-order valence-corrected chi connectivity index (χ4v) is 4.45. The topological polar surface area (TPSA) is 79.0 Å². The first-order valence-electron chi connectivity index (χ1n) is 10.4. The van der Waals surface area contributed by atoms with Crippen molar-refractivity contribution in [1.82, 2.24) is 15.1 Å². The van der Waals surface area contributed by atoms with Gasteiger partial charge in [0.25, 0.3) is 0 Å². The summed E-state index contributed by atoms with van der Waals surface area (Å²) >= 11 is 0. The summed E-state index contributed by atoms with van der Waals surface area (Å²) in [5.41, 5.74) is 0.881. The van der Waals surface area contributed by atoms with E-state index in [9.17, 15) is 14.4 Å². The minimum atomic E-state index is -0.147. The standard InChI is InChI=1S/C22H31N3O4/c1-16(26)25-13-12-24(21(27)15-17-6-5-7-18(14-17)29-2)11-10-23-22(28)19-8-3-4-9-20(19)25/h5-7,14,19-20H,3-4,8-13,15H2,1-2H3,(H,23,28)/t19-,20+/m0/s1. The zero-order valence-electron chi connectivity index (χ0n) is 17.4. The lowest BCUT2D eigenvalue weighted by Crippen LogP contribution is -2.55. The van der Waals surface area contributed by atoms with Crippen LogP contribution in [0.25, 0.3) is 0 Å². The van der Waals surface area contributed by atoms with E-state index >= 15 is 0 Å². The van der Waals surface area contributed by atoms with Crippen LogP contribution in [0.5, 0.6) is 5.75 Å². The number of carbonyl (C=O) groups excluding carboxylic acids is 3. The van der Waals surface area contributed by atoms with Crippen molar-refractivity contribution in [3.63, 3.8) is 0 Å². The highest BCUT2D eigenvalue weighted by Gasteiger charge is 2.36. The molecular formula is C22H31N3O4. The Kier molecular flexibility index (Phi) is 7.12. The number of hydrogen-bond donors (Lipinski definition) is 1.